The van der Waals surface area contributed by atoms with Crippen molar-refractivity contribution in [1.29, 1.82) is 0 Å². The summed E-state index contributed by atoms with van der Waals surface area (Å²) in [4.78, 5) is 40.7. The van der Waals surface area contributed by atoms with Gasteiger partial charge in [0.25, 0.3) is 5.91 Å². The molecule has 3 amide bonds. The molecule has 0 saturated carbocycles. The molecule has 0 saturated heterocycles. The SMILES string of the molecule is O=C(Cc1ccc(F)cc1)NCCNC(=O)Cc1csc(NC(=O)c2cccs2)n1. The molecule has 2 aromatic heterocycles. The molecular weight excluding hydrogens is 427 g/mol. The summed E-state index contributed by atoms with van der Waals surface area (Å²) in [5.41, 5.74) is 1.27. The van der Waals surface area contributed by atoms with Crippen molar-refractivity contribution >= 4 is 45.5 Å². The highest BCUT2D eigenvalue weighted by molar-refractivity contribution is 7.14. The van der Waals surface area contributed by atoms with E-state index in [1.54, 1.807) is 29.6 Å². The minimum absolute atomic E-state index is 0.0783. The summed E-state index contributed by atoms with van der Waals surface area (Å²) in [5, 5.41) is 12.1. The Morgan fingerprint density at radius 1 is 0.933 bits per heavy atom. The highest BCUT2D eigenvalue weighted by atomic mass is 32.1. The topological polar surface area (TPSA) is 100 Å². The predicted molar refractivity (Wildman–Crippen MR) is 114 cm³/mol. The van der Waals surface area contributed by atoms with E-state index in [0.29, 0.717) is 21.3 Å². The number of thiophene rings is 1. The number of carbonyl (C=O) groups is 3. The Morgan fingerprint density at radius 3 is 2.30 bits per heavy atom. The maximum Gasteiger partial charge on any atom is 0.267 e. The van der Waals surface area contributed by atoms with Gasteiger partial charge in [0.15, 0.2) is 5.13 Å². The molecule has 0 aliphatic heterocycles. The number of hydrogen-bond acceptors (Lipinski definition) is 6. The third-order valence-corrected chi connectivity index (χ3v) is 5.58. The molecule has 0 spiro atoms. The van der Waals surface area contributed by atoms with Crippen molar-refractivity contribution < 1.29 is 18.8 Å². The molecule has 156 valence electrons. The molecule has 0 fully saturated rings. The van der Waals surface area contributed by atoms with E-state index in [2.05, 4.69) is 20.9 Å². The van der Waals surface area contributed by atoms with E-state index in [0.717, 1.165) is 0 Å². The van der Waals surface area contributed by atoms with E-state index >= 15 is 0 Å². The normalized spacial score (nSPS) is 10.4. The Kier molecular flexibility index (Phi) is 7.63. The molecule has 2 heterocycles. The van der Waals surface area contributed by atoms with Crippen LogP contribution in [0, 0.1) is 5.82 Å². The first-order chi connectivity index (χ1) is 14.5. The quantitative estimate of drug-likeness (QED) is 0.440. The van der Waals surface area contributed by atoms with Crippen LogP contribution in [0.2, 0.25) is 0 Å². The number of anilines is 1. The minimum Gasteiger partial charge on any atom is -0.354 e. The lowest BCUT2D eigenvalue weighted by Crippen LogP contribution is -2.36. The van der Waals surface area contributed by atoms with Crippen LogP contribution in [0.25, 0.3) is 0 Å². The first-order valence-corrected chi connectivity index (χ1v) is 10.8. The number of aromatic nitrogens is 1. The second-order valence-electron chi connectivity index (χ2n) is 6.26. The Labute approximate surface area is 180 Å². The molecule has 3 N–H and O–H groups in total. The number of thiazole rings is 1. The van der Waals surface area contributed by atoms with Gasteiger partial charge in [0.1, 0.15) is 5.82 Å². The minimum atomic E-state index is -0.348. The van der Waals surface area contributed by atoms with Gasteiger partial charge in [0, 0.05) is 18.5 Å². The molecule has 0 atom stereocenters. The van der Waals surface area contributed by atoms with E-state index < -0.39 is 0 Å². The zero-order valence-electron chi connectivity index (χ0n) is 15.8. The van der Waals surface area contributed by atoms with Crippen molar-refractivity contribution in [2.45, 2.75) is 12.8 Å². The maximum atomic E-state index is 12.9. The Hall–Kier alpha value is -3.11. The fourth-order valence-electron chi connectivity index (χ4n) is 2.49. The fourth-order valence-corrected chi connectivity index (χ4v) is 3.82. The number of nitrogens with one attached hydrogen (secondary N) is 3. The van der Waals surface area contributed by atoms with Gasteiger partial charge in [-0.1, -0.05) is 18.2 Å². The Morgan fingerprint density at radius 2 is 1.63 bits per heavy atom. The molecule has 0 unspecified atom stereocenters. The van der Waals surface area contributed by atoms with Gasteiger partial charge in [-0.25, -0.2) is 9.37 Å². The van der Waals surface area contributed by atoms with Crippen molar-refractivity contribution in [1.82, 2.24) is 15.6 Å². The van der Waals surface area contributed by atoms with Crippen molar-refractivity contribution in [3.8, 4) is 0 Å². The molecule has 1 aromatic carbocycles. The molecule has 0 bridgehead atoms. The van der Waals surface area contributed by atoms with Crippen LogP contribution >= 0.6 is 22.7 Å². The molecule has 3 aromatic rings. The van der Waals surface area contributed by atoms with Gasteiger partial charge in [0.05, 0.1) is 23.4 Å². The second kappa shape index (κ2) is 10.6. The first-order valence-electron chi connectivity index (χ1n) is 9.06. The van der Waals surface area contributed by atoms with Crippen LogP contribution in [-0.2, 0) is 22.4 Å². The second-order valence-corrected chi connectivity index (χ2v) is 8.06. The Balaban J connectivity index is 1.34. The molecule has 0 aliphatic carbocycles. The molecule has 0 radical (unpaired) electrons. The third-order valence-electron chi connectivity index (χ3n) is 3.91. The molecule has 0 aliphatic rings. The zero-order valence-corrected chi connectivity index (χ0v) is 17.4. The number of carbonyl (C=O) groups excluding carboxylic acids is 3. The third kappa shape index (κ3) is 6.75. The van der Waals surface area contributed by atoms with Crippen LogP contribution in [0.15, 0.2) is 47.2 Å². The van der Waals surface area contributed by atoms with E-state index in [-0.39, 0.29) is 49.5 Å². The van der Waals surface area contributed by atoms with Crippen molar-refractivity contribution in [2.24, 2.45) is 0 Å². The van der Waals surface area contributed by atoms with Crippen LogP contribution in [0.4, 0.5) is 9.52 Å². The average Bonchev–Trinajstić information content (AvgIpc) is 3.39. The number of halogens is 1. The van der Waals surface area contributed by atoms with Gasteiger partial charge in [-0.05, 0) is 29.1 Å². The standard InChI is InChI=1S/C20H19FN4O3S2/c21-14-5-3-13(4-6-14)10-17(26)22-7-8-23-18(27)11-15-12-30-20(24-15)25-19(28)16-2-1-9-29-16/h1-6,9,12H,7-8,10-11H2,(H,22,26)(H,23,27)(H,24,25,28). The summed E-state index contributed by atoms with van der Waals surface area (Å²) in [7, 11) is 0. The van der Waals surface area contributed by atoms with Crippen LogP contribution in [0.5, 0.6) is 0 Å². The fraction of sp³-hybridized carbons (Fsp3) is 0.200. The zero-order chi connectivity index (χ0) is 21.3. The first kappa shape index (κ1) is 21.6. The number of amides is 3. The molecular formula is C20H19FN4O3S2. The smallest absolute Gasteiger partial charge is 0.267 e. The van der Waals surface area contributed by atoms with E-state index in [4.69, 9.17) is 0 Å². The monoisotopic (exact) mass is 446 g/mol. The number of rotatable bonds is 9. The predicted octanol–water partition coefficient (Wildman–Crippen LogP) is 2.61. The van der Waals surface area contributed by atoms with Gasteiger partial charge in [-0.15, -0.1) is 22.7 Å². The molecule has 7 nitrogen and oxygen atoms in total. The number of nitrogens with zero attached hydrogens (tertiary/aromatic N) is 1. The summed E-state index contributed by atoms with van der Waals surface area (Å²) in [6.45, 7) is 0.561. The van der Waals surface area contributed by atoms with Gasteiger partial charge < -0.3 is 10.6 Å². The molecule has 30 heavy (non-hydrogen) atoms. The maximum absolute atomic E-state index is 12.9. The van der Waals surface area contributed by atoms with E-state index in [9.17, 15) is 18.8 Å². The van der Waals surface area contributed by atoms with Crippen LogP contribution in [-0.4, -0.2) is 35.8 Å². The molecule has 10 heteroatoms. The van der Waals surface area contributed by atoms with Gasteiger partial charge in [0.2, 0.25) is 11.8 Å². The average molecular weight is 447 g/mol. The van der Waals surface area contributed by atoms with Crippen molar-refractivity contribution in [3.05, 3.63) is 69.1 Å². The van der Waals surface area contributed by atoms with Gasteiger partial charge in [-0.3, -0.25) is 19.7 Å². The van der Waals surface area contributed by atoms with Crippen LogP contribution < -0.4 is 16.0 Å². The Bertz CT molecular complexity index is 1000. The lowest BCUT2D eigenvalue weighted by atomic mass is 10.1. The number of benzene rings is 1. The summed E-state index contributed by atoms with van der Waals surface area (Å²) < 4.78 is 12.9. The largest absolute Gasteiger partial charge is 0.354 e. The highest BCUT2D eigenvalue weighted by Crippen LogP contribution is 2.18. The van der Waals surface area contributed by atoms with E-state index in [1.165, 1.54) is 34.8 Å². The summed E-state index contributed by atoms with van der Waals surface area (Å²) in [6, 6.07) is 9.24. The van der Waals surface area contributed by atoms with Gasteiger partial charge >= 0.3 is 0 Å². The van der Waals surface area contributed by atoms with Crippen LogP contribution in [0.1, 0.15) is 20.9 Å². The lowest BCUT2D eigenvalue weighted by Gasteiger charge is -2.07. The van der Waals surface area contributed by atoms with Crippen molar-refractivity contribution in [3.63, 3.8) is 0 Å². The lowest BCUT2D eigenvalue weighted by molar-refractivity contribution is -0.122. The summed E-state index contributed by atoms with van der Waals surface area (Å²) in [5.74, 6) is -1.02. The van der Waals surface area contributed by atoms with Crippen LogP contribution in [0.3, 0.4) is 0 Å². The summed E-state index contributed by atoms with van der Waals surface area (Å²) >= 11 is 2.59. The van der Waals surface area contributed by atoms with E-state index in [1.807, 2.05) is 5.38 Å². The summed E-state index contributed by atoms with van der Waals surface area (Å²) in [6.07, 6.45) is 0.224. The number of hydrogen-bond donors (Lipinski definition) is 3. The highest BCUT2D eigenvalue weighted by Gasteiger charge is 2.12. The van der Waals surface area contributed by atoms with Crippen molar-refractivity contribution in [2.75, 3.05) is 18.4 Å². The molecule has 3 rings (SSSR count). The van der Waals surface area contributed by atoms with Gasteiger partial charge in [-0.2, -0.15) is 0 Å².